The summed E-state index contributed by atoms with van der Waals surface area (Å²) >= 11 is 6.47. The van der Waals surface area contributed by atoms with Crippen molar-refractivity contribution in [1.82, 2.24) is 15.0 Å². The molecule has 1 N–H and O–H groups in total. The molecule has 1 amide bonds. The lowest BCUT2D eigenvalue weighted by Gasteiger charge is -2.31. The highest BCUT2D eigenvalue weighted by atomic mass is 35.5. The molecule has 1 saturated heterocycles. The van der Waals surface area contributed by atoms with Crippen molar-refractivity contribution < 1.29 is 18.7 Å². The fourth-order valence-corrected chi connectivity index (χ4v) is 9.06. The minimum Gasteiger partial charge on any atom is -0.396 e. The molecule has 4 rings (SSSR count). The Balaban J connectivity index is 1.64. The summed E-state index contributed by atoms with van der Waals surface area (Å²) in [4.78, 5) is 16.1. The Hall–Kier alpha value is -2.33. The number of hydrogen-bond donors (Lipinski definition) is 1. The van der Waals surface area contributed by atoms with Gasteiger partial charge in [-0.2, -0.15) is 0 Å². The molecule has 10 heteroatoms. The number of rotatable bonds is 11. The smallest absolute Gasteiger partial charge is 0.264 e. The van der Waals surface area contributed by atoms with E-state index in [-0.39, 0.29) is 18.4 Å². The number of halogens is 2. The van der Waals surface area contributed by atoms with Crippen LogP contribution in [0.1, 0.15) is 58.2 Å². The molecular weight excluding hydrogens is 547 g/mol. The van der Waals surface area contributed by atoms with Crippen molar-refractivity contribution in [3.63, 3.8) is 0 Å². The van der Waals surface area contributed by atoms with Gasteiger partial charge in [-0.15, -0.1) is 5.10 Å². The minimum absolute atomic E-state index is 0.00106. The Morgan fingerprint density at radius 2 is 2.02 bits per heavy atom. The molecule has 0 radical (unpaired) electrons. The molecule has 1 spiro atoms. The Labute approximate surface area is 243 Å². The molecule has 1 aromatic heterocycles. The summed E-state index contributed by atoms with van der Waals surface area (Å²) in [6, 6.07) is 5.49. The van der Waals surface area contributed by atoms with Crippen LogP contribution in [-0.2, 0) is 28.1 Å². The van der Waals surface area contributed by atoms with E-state index < -0.39 is 25.7 Å². The van der Waals surface area contributed by atoms with E-state index in [2.05, 4.69) is 43.2 Å². The van der Waals surface area contributed by atoms with Gasteiger partial charge in [0.15, 0.2) is 5.60 Å². The number of nitrogens with zero attached hydrogens (tertiary/aromatic N) is 4. The van der Waals surface area contributed by atoms with E-state index in [4.69, 9.17) is 16.3 Å². The van der Waals surface area contributed by atoms with Crippen molar-refractivity contribution in [2.75, 3.05) is 18.1 Å². The summed E-state index contributed by atoms with van der Waals surface area (Å²) in [5, 5.41) is 18.0. The number of aliphatic hydroxyl groups is 1. The van der Waals surface area contributed by atoms with Crippen LogP contribution in [-0.4, -0.2) is 53.7 Å². The van der Waals surface area contributed by atoms with Crippen molar-refractivity contribution in [2.45, 2.75) is 90.3 Å². The lowest BCUT2D eigenvalue weighted by atomic mass is 9.82. The zero-order valence-electron chi connectivity index (χ0n) is 24.5. The van der Waals surface area contributed by atoms with Gasteiger partial charge in [0.2, 0.25) is 8.41 Å². The highest BCUT2D eigenvalue weighted by molar-refractivity contribution is 6.72. The van der Waals surface area contributed by atoms with E-state index in [1.54, 1.807) is 34.9 Å². The third-order valence-electron chi connectivity index (χ3n) is 8.23. The summed E-state index contributed by atoms with van der Waals surface area (Å²) in [6.07, 6.45) is 8.45. The second kappa shape index (κ2) is 12.3. The number of anilines is 1. The molecule has 7 nitrogen and oxygen atoms in total. The minimum atomic E-state index is -3.26. The Morgan fingerprint density at radius 3 is 2.70 bits per heavy atom. The third-order valence-corrected chi connectivity index (χ3v) is 10.9. The predicted molar refractivity (Wildman–Crippen MR) is 160 cm³/mol. The van der Waals surface area contributed by atoms with Crippen LogP contribution in [0.4, 0.5) is 9.80 Å². The number of aliphatic hydroxyl groups excluding tert-OH is 1. The number of hydrogen-bond acceptors (Lipinski definition) is 5. The number of aryl methyl sites for hydroxylation is 1. The first-order valence-electron chi connectivity index (χ1n) is 14.2. The molecule has 1 aromatic carbocycles. The SMILES string of the molecule is CC(C)=CCC/C(C)=C/CN1C(=O)[C@]2(O[C@H](CCn3cc(CCO)nn3)[C@@H]([Si](C)(C)F)[C@@H]2C)c2cc(Cl)ccc21. The average Bonchev–Trinajstić information content (AvgIpc) is 3.51. The zero-order chi connectivity index (χ0) is 29.2. The molecular formula is C30H42ClFN4O3Si. The summed E-state index contributed by atoms with van der Waals surface area (Å²) < 4.78 is 24.5. The molecule has 4 atom stereocenters. The molecule has 2 aliphatic heterocycles. The van der Waals surface area contributed by atoms with Gasteiger partial charge in [0.05, 0.1) is 17.5 Å². The first kappa shape index (κ1) is 30.6. The van der Waals surface area contributed by atoms with Gasteiger partial charge in [-0.05, 0) is 71.3 Å². The van der Waals surface area contributed by atoms with E-state index >= 15 is 4.11 Å². The van der Waals surface area contributed by atoms with Crippen LogP contribution in [0.15, 0.2) is 47.7 Å². The van der Waals surface area contributed by atoms with Gasteiger partial charge >= 0.3 is 0 Å². The monoisotopic (exact) mass is 588 g/mol. The zero-order valence-corrected chi connectivity index (χ0v) is 26.2. The fraction of sp³-hybridized carbons (Fsp3) is 0.567. The van der Waals surface area contributed by atoms with E-state index in [9.17, 15) is 9.90 Å². The quantitative estimate of drug-likeness (QED) is 0.187. The maximum atomic E-state index is 16.0. The van der Waals surface area contributed by atoms with Crippen molar-refractivity contribution >= 4 is 31.6 Å². The van der Waals surface area contributed by atoms with Gasteiger partial charge in [-0.1, -0.05) is 47.0 Å². The van der Waals surface area contributed by atoms with E-state index in [1.807, 2.05) is 19.1 Å². The molecule has 1 fully saturated rings. The summed E-state index contributed by atoms with van der Waals surface area (Å²) in [7, 11) is -3.26. The molecule has 2 aromatic rings. The molecule has 3 heterocycles. The van der Waals surface area contributed by atoms with Crippen molar-refractivity contribution in [2.24, 2.45) is 5.92 Å². The highest BCUT2D eigenvalue weighted by Crippen LogP contribution is 2.60. The topological polar surface area (TPSA) is 80.5 Å². The number of ether oxygens (including phenoxy) is 1. The van der Waals surface area contributed by atoms with Gasteiger partial charge in [0, 0.05) is 54.4 Å². The second-order valence-corrected chi connectivity index (χ2v) is 16.2. The van der Waals surface area contributed by atoms with E-state index in [0.29, 0.717) is 36.6 Å². The van der Waals surface area contributed by atoms with Crippen LogP contribution >= 0.6 is 11.6 Å². The van der Waals surface area contributed by atoms with Crippen LogP contribution in [0, 0.1) is 5.92 Å². The lowest BCUT2D eigenvalue weighted by Crippen LogP contribution is -2.45. The first-order valence-corrected chi connectivity index (χ1v) is 17.5. The molecule has 40 heavy (non-hydrogen) atoms. The largest absolute Gasteiger partial charge is 0.396 e. The standard InChI is InChI=1S/C30H42ClFN4O3Si/c1-20(2)8-7-9-21(3)12-16-36-26-11-10-23(31)18-25(26)30(29(36)38)22(4)28(40(5,6)32)27(39-30)13-15-35-19-24(14-17-37)33-34-35/h8,10-12,18-19,22,27-28,37H,7,9,13-17H2,1-6H3/b21-12+/t22-,27+,28-,30+/m0/s1. The maximum Gasteiger partial charge on any atom is 0.264 e. The van der Waals surface area contributed by atoms with Crippen LogP contribution in [0.5, 0.6) is 0 Å². The van der Waals surface area contributed by atoms with Crippen LogP contribution in [0.3, 0.4) is 0 Å². The summed E-state index contributed by atoms with van der Waals surface area (Å²) in [6.45, 7) is 12.5. The van der Waals surface area contributed by atoms with Gasteiger partial charge in [-0.25, -0.2) is 0 Å². The molecule has 2 aliphatic rings. The van der Waals surface area contributed by atoms with Crippen LogP contribution in [0.25, 0.3) is 0 Å². The van der Waals surface area contributed by atoms with Crippen molar-refractivity contribution in [3.05, 3.63) is 64.0 Å². The molecule has 218 valence electrons. The number of benzene rings is 1. The highest BCUT2D eigenvalue weighted by Gasteiger charge is 2.66. The van der Waals surface area contributed by atoms with Crippen molar-refractivity contribution in [1.29, 1.82) is 0 Å². The lowest BCUT2D eigenvalue weighted by molar-refractivity contribution is -0.145. The molecule has 0 aliphatic carbocycles. The van der Waals surface area contributed by atoms with Crippen LogP contribution in [0.2, 0.25) is 23.7 Å². The number of carbonyl (C=O) groups is 1. The number of allylic oxidation sites excluding steroid dienone is 3. The van der Waals surface area contributed by atoms with Gasteiger partial charge in [0.25, 0.3) is 5.91 Å². The van der Waals surface area contributed by atoms with Crippen molar-refractivity contribution in [3.8, 4) is 0 Å². The van der Waals surface area contributed by atoms with Gasteiger partial charge in [0.1, 0.15) is 0 Å². The predicted octanol–water partition coefficient (Wildman–Crippen LogP) is 6.37. The molecule has 0 bridgehead atoms. The summed E-state index contributed by atoms with van der Waals surface area (Å²) in [5.74, 6) is -0.523. The molecule has 0 saturated carbocycles. The van der Waals surface area contributed by atoms with E-state index in [0.717, 1.165) is 24.1 Å². The van der Waals surface area contributed by atoms with E-state index in [1.165, 1.54) is 11.1 Å². The number of carbonyl (C=O) groups excluding carboxylic acids is 1. The Kier molecular flexibility index (Phi) is 9.39. The van der Waals surface area contributed by atoms with Crippen LogP contribution < -0.4 is 4.90 Å². The van der Waals surface area contributed by atoms with Gasteiger partial charge < -0.3 is 18.9 Å². The Bertz CT molecular complexity index is 1290. The maximum absolute atomic E-state index is 16.0. The summed E-state index contributed by atoms with van der Waals surface area (Å²) in [5.41, 5.74) is 3.02. The number of amides is 1. The fourth-order valence-electron chi connectivity index (χ4n) is 6.34. The Morgan fingerprint density at radius 1 is 1.27 bits per heavy atom. The van der Waals surface area contributed by atoms with Gasteiger partial charge in [-0.3, -0.25) is 9.48 Å². The number of aromatic nitrogens is 3. The average molecular weight is 589 g/mol. The first-order chi connectivity index (χ1) is 18.9. The number of fused-ring (bicyclic) bond motifs is 2. The third kappa shape index (κ3) is 6.12. The normalized spacial score (nSPS) is 24.7. The molecule has 0 unspecified atom stereocenters. The second-order valence-electron chi connectivity index (χ2n) is 12.0.